The molecule has 0 radical (unpaired) electrons. The van der Waals surface area contributed by atoms with Crippen LogP contribution in [-0.4, -0.2) is 27.0 Å². The Labute approximate surface area is 236 Å². The van der Waals surface area contributed by atoms with Gasteiger partial charge in [-0.3, -0.25) is 9.48 Å². The maximum Gasteiger partial charge on any atom is 0.281 e. The zero-order chi connectivity index (χ0) is 27.2. The highest BCUT2D eigenvalue weighted by atomic mass is 35.5. The highest BCUT2D eigenvalue weighted by Gasteiger charge is 2.39. The molecule has 2 N–H and O–H groups in total. The fourth-order valence-electron chi connectivity index (χ4n) is 4.31. The Balaban J connectivity index is 1.46. The molecule has 1 heterocycles. The molecule has 194 valence electrons. The van der Waals surface area contributed by atoms with E-state index >= 15 is 0 Å². The van der Waals surface area contributed by atoms with Crippen LogP contribution in [0.25, 0.3) is 11.3 Å². The maximum absolute atomic E-state index is 13.4. The summed E-state index contributed by atoms with van der Waals surface area (Å²) in [6.45, 7) is 0.348. The zero-order valence-electron chi connectivity index (χ0n) is 20.7. The van der Waals surface area contributed by atoms with Crippen LogP contribution >= 0.6 is 23.2 Å². The van der Waals surface area contributed by atoms with Crippen molar-refractivity contribution in [1.29, 1.82) is 0 Å². The van der Waals surface area contributed by atoms with E-state index in [1.165, 1.54) is 6.21 Å². The van der Waals surface area contributed by atoms with Crippen molar-refractivity contribution in [3.05, 3.63) is 148 Å². The number of hydrazone groups is 1. The third kappa shape index (κ3) is 5.64. The second-order valence-electron chi connectivity index (χ2n) is 8.84. The lowest BCUT2D eigenvalue weighted by molar-refractivity contribution is -0.136. The first-order valence-corrected chi connectivity index (χ1v) is 12.9. The fourth-order valence-corrected chi connectivity index (χ4v) is 4.82. The molecule has 6 nitrogen and oxygen atoms in total. The molecule has 0 spiro atoms. The van der Waals surface area contributed by atoms with Gasteiger partial charge < -0.3 is 5.11 Å². The lowest BCUT2D eigenvalue weighted by atomic mass is 9.85. The smallest absolute Gasteiger partial charge is 0.281 e. The van der Waals surface area contributed by atoms with Gasteiger partial charge in [0.15, 0.2) is 5.60 Å². The van der Waals surface area contributed by atoms with Crippen molar-refractivity contribution in [3.8, 4) is 11.3 Å². The highest BCUT2D eigenvalue weighted by molar-refractivity contribution is 6.36. The Bertz CT molecular complexity index is 1540. The van der Waals surface area contributed by atoms with Gasteiger partial charge in [0, 0.05) is 32.9 Å². The zero-order valence-corrected chi connectivity index (χ0v) is 22.2. The molecule has 0 atom stereocenters. The van der Waals surface area contributed by atoms with Crippen LogP contribution in [0.15, 0.2) is 120 Å². The number of carbonyl (C=O) groups excluding carboxylic acids is 1. The molecule has 0 fully saturated rings. The normalized spacial score (nSPS) is 11.6. The topological polar surface area (TPSA) is 79.5 Å². The molecule has 0 bridgehead atoms. The monoisotopic (exact) mass is 554 g/mol. The van der Waals surface area contributed by atoms with Gasteiger partial charge in [-0.2, -0.15) is 10.2 Å². The third-order valence-corrected chi connectivity index (χ3v) is 7.01. The van der Waals surface area contributed by atoms with E-state index in [9.17, 15) is 9.90 Å². The van der Waals surface area contributed by atoms with Crippen LogP contribution in [0.4, 0.5) is 0 Å². The van der Waals surface area contributed by atoms with Gasteiger partial charge in [0.2, 0.25) is 0 Å². The second kappa shape index (κ2) is 11.7. The minimum atomic E-state index is -1.94. The van der Waals surface area contributed by atoms with Crippen LogP contribution < -0.4 is 5.43 Å². The summed E-state index contributed by atoms with van der Waals surface area (Å²) in [5, 5.41) is 21.7. The first-order chi connectivity index (χ1) is 19.0. The first-order valence-electron chi connectivity index (χ1n) is 12.2. The number of benzene rings is 4. The van der Waals surface area contributed by atoms with Crippen LogP contribution in [0.1, 0.15) is 22.3 Å². The van der Waals surface area contributed by atoms with E-state index in [0.717, 1.165) is 11.1 Å². The molecule has 39 heavy (non-hydrogen) atoms. The van der Waals surface area contributed by atoms with Crippen molar-refractivity contribution >= 4 is 35.3 Å². The Hall–Kier alpha value is -4.23. The lowest BCUT2D eigenvalue weighted by Gasteiger charge is -2.27. The standard InChI is InChI=1S/C31H24Cl2N4O2/c32-27-17-10-18-28(33)26(27)21-37-20-23(29(36-37)22-11-4-1-5-12-22)19-34-35-30(38)31(39,24-13-6-2-7-14-24)25-15-8-3-9-16-25/h1-20,39H,21H2,(H,35,38)/b34-19+. The van der Waals surface area contributed by atoms with Crippen molar-refractivity contribution in [1.82, 2.24) is 15.2 Å². The summed E-state index contributed by atoms with van der Waals surface area (Å²) in [5.41, 5.74) is 4.39. The molecule has 0 saturated heterocycles. The molecular formula is C31H24Cl2N4O2. The highest BCUT2D eigenvalue weighted by Crippen LogP contribution is 2.30. The number of rotatable bonds is 8. The number of nitrogens with one attached hydrogen (secondary N) is 1. The summed E-state index contributed by atoms with van der Waals surface area (Å²) in [6.07, 6.45) is 3.31. The van der Waals surface area contributed by atoms with E-state index in [1.54, 1.807) is 77.6 Å². The van der Waals surface area contributed by atoms with Crippen molar-refractivity contribution in [2.45, 2.75) is 12.1 Å². The van der Waals surface area contributed by atoms with Crippen LogP contribution in [0.5, 0.6) is 0 Å². The summed E-state index contributed by atoms with van der Waals surface area (Å²) in [7, 11) is 0. The minimum absolute atomic E-state index is 0.348. The number of aromatic nitrogens is 2. The summed E-state index contributed by atoms with van der Waals surface area (Å²) in [6, 6.07) is 32.5. The summed E-state index contributed by atoms with van der Waals surface area (Å²) in [4.78, 5) is 13.4. The van der Waals surface area contributed by atoms with E-state index in [-0.39, 0.29) is 0 Å². The minimum Gasteiger partial charge on any atom is -0.372 e. The van der Waals surface area contributed by atoms with Gasteiger partial charge in [0.25, 0.3) is 5.91 Å². The van der Waals surface area contributed by atoms with E-state index in [4.69, 9.17) is 28.3 Å². The van der Waals surface area contributed by atoms with Crippen LogP contribution in [0, 0.1) is 0 Å². The number of carbonyl (C=O) groups is 1. The Morgan fingerprint density at radius 3 is 1.95 bits per heavy atom. The predicted octanol–water partition coefficient (Wildman–Crippen LogP) is 6.29. The number of amides is 1. The van der Waals surface area contributed by atoms with Gasteiger partial charge >= 0.3 is 0 Å². The molecular weight excluding hydrogens is 531 g/mol. The average molecular weight is 555 g/mol. The largest absolute Gasteiger partial charge is 0.372 e. The summed E-state index contributed by atoms with van der Waals surface area (Å²) in [5.74, 6) is -0.687. The van der Waals surface area contributed by atoms with E-state index in [0.29, 0.717) is 39.0 Å². The predicted molar refractivity (Wildman–Crippen MR) is 155 cm³/mol. The van der Waals surface area contributed by atoms with Gasteiger partial charge in [-0.25, -0.2) is 5.43 Å². The van der Waals surface area contributed by atoms with Crippen molar-refractivity contribution in [2.24, 2.45) is 5.10 Å². The first kappa shape index (κ1) is 26.4. The van der Waals surface area contributed by atoms with E-state index in [2.05, 4.69) is 10.5 Å². The fraction of sp³-hybridized carbons (Fsp3) is 0.0645. The van der Waals surface area contributed by atoms with Gasteiger partial charge in [0.05, 0.1) is 12.8 Å². The molecule has 0 aliphatic carbocycles. The molecule has 4 aromatic carbocycles. The van der Waals surface area contributed by atoms with Crippen molar-refractivity contribution in [2.75, 3.05) is 0 Å². The lowest BCUT2D eigenvalue weighted by Crippen LogP contribution is -2.43. The number of hydrogen-bond acceptors (Lipinski definition) is 4. The molecule has 1 amide bonds. The van der Waals surface area contributed by atoms with Crippen molar-refractivity contribution < 1.29 is 9.90 Å². The molecule has 5 rings (SSSR count). The molecule has 5 aromatic rings. The Kier molecular flexibility index (Phi) is 7.89. The van der Waals surface area contributed by atoms with Crippen LogP contribution in [0.2, 0.25) is 10.0 Å². The molecule has 0 unspecified atom stereocenters. The quantitative estimate of drug-likeness (QED) is 0.175. The van der Waals surface area contributed by atoms with Crippen molar-refractivity contribution in [3.63, 3.8) is 0 Å². The second-order valence-corrected chi connectivity index (χ2v) is 9.65. The molecule has 1 aromatic heterocycles. The number of halogens is 2. The molecule has 0 aliphatic heterocycles. The number of aliphatic hydroxyl groups is 1. The van der Waals surface area contributed by atoms with Gasteiger partial charge in [-0.05, 0) is 23.3 Å². The Morgan fingerprint density at radius 2 is 1.38 bits per heavy atom. The SMILES string of the molecule is O=C(N/N=C/c1cn(Cc2c(Cl)cccc2Cl)nc1-c1ccccc1)C(O)(c1ccccc1)c1ccccc1. The maximum atomic E-state index is 13.4. The summed E-state index contributed by atoms with van der Waals surface area (Å²) >= 11 is 12.8. The number of hydrogen-bond donors (Lipinski definition) is 2. The van der Waals surface area contributed by atoms with Crippen LogP contribution in [-0.2, 0) is 16.9 Å². The van der Waals surface area contributed by atoms with Gasteiger partial charge in [-0.1, -0.05) is 120 Å². The number of nitrogens with zero attached hydrogens (tertiary/aromatic N) is 3. The summed E-state index contributed by atoms with van der Waals surface area (Å²) < 4.78 is 1.73. The molecule has 0 aliphatic rings. The van der Waals surface area contributed by atoms with E-state index < -0.39 is 11.5 Å². The van der Waals surface area contributed by atoms with Crippen LogP contribution in [0.3, 0.4) is 0 Å². The van der Waals surface area contributed by atoms with Gasteiger partial charge in [0.1, 0.15) is 5.69 Å². The third-order valence-electron chi connectivity index (χ3n) is 6.30. The molecule has 8 heteroatoms. The molecule has 0 saturated carbocycles. The van der Waals surface area contributed by atoms with E-state index in [1.807, 2.05) is 42.5 Å². The Morgan fingerprint density at radius 1 is 0.846 bits per heavy atom. The van der Waals surface area contributed by atoms with Gasteiger partial charge in [-0.15, -0.1) is 0 Å². The average Bonchev–Trinajstić information content (AvgIpc) is 3.38.